The number of nitrogens with two attached hydrogens (primary N) is 1. The number of nitrogen functional groups attached to an aromatic ring is 1. The number of anilines is 2. The Hall–Kier alpha value is -2.36. The van der Waals surface area contributed by atoms with Crippen molar-refractivity contribution in [1.29, 1.82) is 0 Å². The molecule has 0 radical (unpaired) electrons. The smallest absolute Gasteiger partial charge is 0.255 e. The Morgan fingerprint density at radius 2 is 2.00 bits per heavy atom. The highest BCUT2D eigenvalue weighted by atomic mass is 16.1. The zero-order valence-electron chi connectivity index (χ0n) is 10.4. The lowest BCUT2D eigenvalue weighted by molar-refractivity contribution is 0.102. The maximum Gasteiger partial charge on any atom is 0.255 e. The third-order valence-electron chi connectivity index (χ3n) is 2.83. The van der Waals surface area contributed by atoms with Gasteiger partial charge in [0.2, 0.25) is 0 Å². The lowest BCUT2D eigenvalue weighted by Crippen LogP contribution is -2.13. The summed E-state index contributed by atoms with van der Waals surface area (Å²) in [6, 6.07) is 7.11. The normalized spacial score (nSPS) is 10.1. The summed E-state index contributed by atoms with van der Waals surface area (Å²) in [5.74, 6) is -0.183. The molecule has 0 fully saturated rings. The van der Waals surface area contributed by atoms with Crippen LogP contribution in [0.15, 0.2) is 36.7 Å². The maximum absolute atomic E-state index is 12.0. The molecule has 0 aliphatic heterocycles. The molecule has 0 saturated heterocycles. The molecule has 4 nitrogen and oxygen atoms in total. The predicted octanol–water partition coefficient (Wildman–Crippen LogP) is 2.53. The summed E-state index contributed by atoms with van der Waals surface area (Å²) in [6.45, 7) is 3.82. The van der Waals surface area contributed by atoms with Crippen LogP contribution in [0.1, 0.15) is 21.5 Å². The molecule has 1 aromatic carbocycles. The van der Waals surface area contributed by atoms with Crippen molar-refractivity contribution in [2.75, 3.05) is 11.1 Å². The number of hydrogen-bond donors (Lipinski definition) is 2. The first-order valence-corrected chi connectivity index (χ1v) is 5.66. The standard InChI is InChI=1S/C14H15N3O/c1-9-3-4-11(7-12(9)15)14(18)17-13-8-16-6-5-10(13)2/h3-8H,15H2,1-2H3,(H,17,18). The van der Waals surface area contributed by atoms with E-state index in [9.17, 15) is 4.79 Å². The van der Waals surface area contributed by atoms with Crippen LogP contribution in [0.4, 0.5) is 11.4 Å². The van der Waals surface area contributed by atoms with Gasteiger partial charge in [-0.1, -0.05) is 6.07 Å². The SMILES string of the molecule is Cc1ccc(C(=O)Nc2cnccc2C)cc1N. The van der Waals surface area contributed by atoms with Gasteiger partial charge in [-0.2, -0.15) is 0 Å². The number of nitrogens with one attached hydrogen (secondary N) is 1. The third-order valence-corrected chi connectivity index (χ3v) is 2.83. The van der Waals surface area contributed by atoms with Crippen LogP contribution in [-0.4, -0.2) is 10.9 Å². The van der Waals surface area contributed by atoms with Gasteiger partial charge >= 0.3 is 0 Å². The predicted molar refractivity (Wildman–Crippen MR) is 72.5 cm³/mol. The highest BCUT2D eigenvalue weighted by molar-refractivity contribution is 6.05. The van der Waals surface area contributed by atoms with Crippen molar-refractivity contribution in [3.05, 3.63) is 53.3 Å². The minimum Gasteiger partial charge on any atom is -0.398 e. The summed E-state index contributed by atoms with van der Waals surface area (Å²) in [6.07, 6.45) is 3.32. The number of pyridine rings is 1. The van der Waals surface area contributed by atoms with Crippen molar-refractivity contribution in [2.24, 2.45) is 0 Å². The van der Waals surface area contributed by atoms with Crippen LogP contribution < -0.4 is 11.1 Å². The van der Waals surface area contributed by atoms with Crippen LogP contribution >= 0.6 is 0 Å². The first-order chi connectivity index (χ1) is 8.58. The zero-order valence-corrected chi connectivity index (χ0v) is 10.4. The van der Waals surface area contributed by atoms with Gasteiger partial charge in [-0.05, 0) is 43.2 Å². The molecular weight excluding hydrogens is 226 g/mol. The van der Waals surface area contributed by atoms with Crippen LogP contribution in [0.5, 0.6) is 0 Å². The lowest BCUT2D eigenvalue weighted by atomic mass is 10.1. The van der Waals surface area contributed by atoms with Crippen LogP contribution in [-0.2, 0) is 0 Å². The number of aromatic nitrogens is 1. The van der Waals surface area contributed by atoms with E-state index in [0.29, 0.717) is 16.9 Å². The van der Waals surface area contributed by atoms with Gasteiger partial charge in [0.15, 0.2) is 0 Å². The van der Waals surface area contributed by atoms with Gasteiger partial charge < -0.3 is 11.1 Å². The number of carbonyl (C=O) groups excluding carboxylic acids is 1. The number of hydrogen-bond acceptors (Lipinski definition) is 3. The highest BCUT2D eigenvalue weighted by Crippen LogP contribution is 2.16. The largest absolute Gasteiger partial charge is 0.398 e. The van der Waals surface area contributed by atoms with Crippen LogP contribution in [0.2, 0.25) is 0 Å². The fourth-order valence-electron chi connectivity index (χ4n) is 1.57. The monoisotopic (exact) mass is 241 g/mol. The molecule has 0 spiro atoms. The quantitative estimate of drug-likeness (QED) is 0.794. The Balaban J connectivity index is 2.22. The first kappa shape index (κ1) is 12.1. The Morgan fingerprint density at radius 3 is 2.67 bits per heavy atom. The number of nitrogens with zero attached hydrogens (tertiary/aromatic N) is 1. The summed E-state index contributed by atoms with van der Waals surface area (Å²) in [5, 5.41) is 2.82. The van der Waals surface area contributed by atoms with Gasteiger partial charge in [-0.25, -0.2) is 0 Å². The summed E-state index contributed by atoms with van der Waals surface area (Å²) in [4.78, 5) is 16.0. The van der Waals surface area contributed by atoms with Gasteiger partial charge in [0.25, 0.3) is 5.91 Å². The van der Waals surface area contributed by atoms with Gasteiger partial charge in [-0.15, -0.1) is 0 Å². The average molecular weight is 241 g/mol. The molecule has 1 aromatic heterocycles. The summed E-state index contributed by atoms with van der Waals surface area (Å²) >= 11 is 0. The molecule has 0 atom stereocenters. The molecule has 3 N–H and O–H groups in total. The molecule has 92 valence electrons. The molecule has 4 heteroatoms. The van der Waals surface area contributed by atoms with Crippen molar-refractivity contribution >= 4 is 17.3 Å². The molecule has 1 amide bonds. The summed E-state index contributed by atoms with van der Waals surface area (Å²) < 4.78 is 0. The van der Waals surface area contributed by atoms with Crippen LogP contribution in [0, 0.1) is 13.8 Å². The summed E-state index contributed by atoms with van der Waals surface area (Å²) in [5.41, 5.74) is 9.59. The number of amides is 1. The number of rotatable bonds is 2. The van der Waals surface area contributed by atoms with E-state index in [1.807, 2.05) is 26.0 Å². The van der Waals surface area contributed by atoms with Gasteiger partial charge in [0.1, 0.15) is 0 Å². The van der Waals surface area contributed by atoms with E-state index in [4.69, 9.17) is 5.73 Å². The van der Waals surface area contributed by atoms with Crippen molar-refractivity contribution in [3.8, 4) is 0 Å². The minimum absolute atomic E-state index is 0.183. The highest BCUT2D eigenvalue weighted by Gasteiger charge is 2.08. The number of benzene rings is 1. The molecule has 0 saturated carbocycles. The van der Waals surface area contributed by atoms with Crippen molar-refractivity contribution in [3.63, 3.8) is 0 Å². The molecule has 18 heavy (non-hydrogen) atoms. The second-order valence-corrected chi connectivity index (χ2v) is 4.22. The average Bonchev–Trinajstić information content (AvgIpc) is 2.35. The fourth-order valence-corrected chi connectivity index (χ4v) is 1.57. The Kier molecular flexibility index (Phi) is 3.28. The van der Waals surface area contributed by atoms with E-state index >= 15 is 0 Å². The number of carbonyl (C=O) groups is 1. The van der Waals surface area contributed by atoms with Gasteiger partial charge in [-0.3, -0.25) is 9.78 Å². The maximum atomic E-state index is 12.0. The Bertz CT molecular complexity index is 593. The first-order valence-electron chi connectivity index (χ1n) is 5.66. The van der Waals surface area contributed by atoms with E-state index in [1.54, 1.807) is 24.5 Å². The molecule has 0 bridgehead atoms. The molecule has 0 aliphatic rings. The van der Waals surface area contributed by atoms with E-state index in [-0.39, 0.29) is 5.91 Å². The zero-order chi connectivity index (χ0) is 13.1. The second-order valence-electron chi connectivity index (χ2n) is 4.22. The van der Waals surface area contributed by atoms with Gasteiger partial charge in [0.05, 0.1) is 11.9 Å². The molecule has 0 aliphatic carbocycles. The van der Waals surface area contributed by atoms with E-state index < -0.39 is 0 Å². The van der Waals surface area contributed by atoms with Crippen molar-refractivity contribution in [2.45, 2.75) is 13.8 Å². The van der Waals surface area contributed by atoms with E-state index in [0.717, 1.165) is 11.1 Å². The van der Waals surface area contributed by atoms with E-state index in [1.165, 1.54) is 0 Å². The van der Waals surface area contributed by atoms with Crippen molar-refractivity contribution in [1.82, 2.24) is 4.98 Å². The Morgan fingerprint density at radius 1 is 1.22 bits per heavy atom. The molecular formula is C14H15N3O. The Labute approximate surface area is 106 Å². The third kappa shape index (κ3) is 2.48. The fraction of sp³-hybridized carbons (Fsp3) is 0.143. The van der Waals surface area contributed by atoms with Gasteiger partial charge in [0, 0.05) is 17.4 Å². The topological polar surface area (TPSA) is 68.0 Å². The summed E-state index contributed by atoms with van der Waals surface area (Å²) in [7, 11) is 0. The molecule has 0 unspecified atom stereocenters. The molecule has 2 rings (SSSR count). The number of aryl methyl sites for hydroxylation is 2. The van der Waals surface area contributed by atoms with Crippen molar-refractivity contribution < 1.29 is 4.79 Å². The molecule has 1 heterocycles. The lowest BCUT2D eigenvalue weighted by Gasteiger charge is -2.08. The van der Waals surface area contributed by atoms with Crippen LogP contribution in [0.25, 0.3) is 0 Å². The van der Waals surface area contributed by atoms with Crippen LogP contribution in [0.3, 0.4) is 0 Å². The minimum atomic E-state index is -0.183. The van der Waals surface area contributed by atoms with E-state index in [2.05, 4.69) is 10.3 Å². The second kappa shape index (κ2) is 4.87. The molecule has 2 aromatic rings.